The van der Waals surface area contributed by atoms with E-state index in [0.29, 0.717) is 6.04 Å². The molecule has 1 aliphatic carbocycles. The van der Waals surface area contributed by atoms with Crippen LogP contribution in [-0.2, 0) is 13.5 Å². The van der Waals surface area contributed by atoms with Crippen LogP contribution in [0.15, 0.2) is 24.3 Å². The number of nitrogens with one attached hydrogen (secondary N) is 1. The second-order valence-electron chi connectivity index (χ2n) is 5.73. The van der Waals surface area contributed by atoms with E-state index in [-0.39, 0.29) is 0 Å². The van der Waals surface area contributed by atoms with Crippen molar-refractivity contribution in [1.82, 2.24) is 15.1 Å². The first kappa shape index (κ1) is 12.7. The lowest BCUT2D eigenvalue weighted by Crippen LogP contribution is -2.31. The fraction of sp³-hybridized carbons (Fsp3) is 0.562. The number of para-hydroxylation sites is 1. The molecule has 0 bridgehead atoms. The van der Waals surface area contributed by atoms with E-state index in [1.807, 2.05) is 11.7 Å². The molecule has 102 valence electrons. The number of nitrogens with zero attached hydrogens (tertiary/aromatic N) is 2. The molecule has 1 heterocycles. The van der Waals surface area contributed by atoms with Crippen molar-refractivity contribution in [2.75, 3.05) is 6.54 Å². The van der Waals surface area contributed by atoms with E-state index < -0.39 is 0 Å². The molecule has 3 nitrogen and oxygen atoms in total. The van der Waals surface area contributed by atoms with Gasteiger partial charge in [-0.1, -0.05) is 38.0 Å². The minimum Gasteiger partial charge on any atom is -0.314 e. The molecule has 1 aliphatic rings. The van der Waals surface area contributed by atoms with Crippen molar-refractivity contribution in [3.63, 3.8) is 0 Å². The molecule has 2 aromatic rings. The fourth-order valence-corrected chi connectivity index (χ4v) is 2.96. The smallest absolute Gasteiger partial charge is 0.0718 e. The van der Waals surface area contributed by atoms with E-state index in [9.17, 15) is 0 Å². The van der Waals surface area contributed by atoms with Crippen LogP contribution in [0.25, 0.3) is 10.9 Å². The van der Waals surface area contributed by atoms with Gasteiger partial charge in [0.2, 0.25) is 0 Å². The first-order valence-electron chi connectivity index (χ1n) is 7.42. The molecule has 3 rings (SSSR count). The van der Waals surface area contributed by atoms with Crippen LogP contribution in [-0.4, -0.2) is 22.4 Å². The second kappa shape index (κ2) is 5.33. The Labute approximate surface area is 115 Å². The molecular formula is C16H23N3. The van der Waals surface area contributed by atoms with E-state index in [1.165, 1.54) is 35.9 Å². The van der Waals surface area contributed by atoms with Gasteiger partial charge in [0, 0.05) is 24.9 Å². The van der Waals surface area contributed by atoms with E-state index >= 15 is 0 Å². The Morgan fingerprint density at radius 3 is 2.89 bits per heavy atom. The predicted molar refractivity (Wildman–Crippen MR) is 79.2 cm³/mol. The molecule has 0 aliphatic heterocycles. The normalized spacial score (nSPS) is 16.9. The van der Waals surface area contributed by atoms with E-state index in [4.69, 9.17) is 5.10 Å². The molecule has 1 aromatic heterocycles. The Balaban J connectivity index is 1.82. The van der Waals surface area contributed by atoms with Crippen LogP contribution in [0.2, 0.25) is 0 Å². The monoisotopic (exact) mass is 257 g/mol. The van der Waals surface area contributed by atoms with Crippen molar-refractivity contribution in [2.45, 2.75) is 38.6 Å². The molecule has 0 saturated heterocycles. The largest absolute Gasteiger partial charge is 0.314 e. The van der Waals surface area contributed by atoms with E-state index in [1.54, 1.807) is 0 Å². The lowest BCUT2D eigenvalue weighted by Gasteiger charge is -2.16. The Hall–Kier alpha value is -1.35. The number of likely N-dealkylation sites (N-methyl/N-ethyl adjacent to an activating group) is 1. The van der Waals surface area contributed by atoms with Gasteiger partial charge in [-0.15, -0.1) is 0 Å². The van der Waals surface area contributed by atoms with E-state index in [2.05, 4.69) is 36.5 Å². The maximum atomic E-state index is 4.72. The van der Waals surface area contributed by atoms with Gasteiger partial charge in [0.1, 0.15) is 0 Å². The Kier molecular flexibility index (Phi) is 3.56. The number of rotatable bonds is 6. The van der Waals surface area contributed by atoms with Crippen molar-refractivity contribution in [1.29, 1.82) is 0 Å². The number of aromatic nitrogens is 2. The summed E-state index contributed by atoms with van der Waals surface area (Å²) in [6.07, 6.45) is 5.19. The third-order valence-corrected chi connectivity index (χ3v) is 4.08. The van der Waals surface area contributed by atoms with Crippen LogP contribution in [0.1, 0.15) is 31.9 Å². The summed E-state index contributed by atoms with van der Waals surface area (Å²) in [5.74, 6) is 0.957. The minimum atomic E-state index is 0.579. The van der Waals surface area contributed by atoms with Gasteiger partial charge < -0.3 is 5.32 Å². The molecule has 1 N–H and O–H groups in total. The van der Waals surface area contributed by atoms with Crippen molar-refractivity contribution in [2.24, 2.45) is 13.0 Å². The van der Waals surface area contributed by atoms with Crippen LogP contribution in [0, 0.1) is 5.92 Å². The van der Waals surface area contributed by atoms with Gasteiger partial charge in [-0.05, 0) is 24.9 Å². The zero-order chi connectivity index (χ0) is 13.2. The SMILES string of the molecule is CCNC(Cc1nn(C)c2ccccc12)CC1CC1. The molecule has 0 spiro atoms. The van der Waals surface area contributed by atoms with Crippen molar-refractivity contribution in [3.05, 3.63) is 30.0 Å². The summed E-state index contributed by atoms with van der Waals surface area (Å²) in [5, 5.41) is 9.65. The topological polar surface area (TPSA) is 29.9 Å². The van der Waals surface area contributed by atoms with Gasteiger partial charge in [0.05, 0.1) is 11.2 Å². The Bertz CT molecular complexity index is 554. The molecule has 1 saturated carbocycles. The quantitative estimate of drug-likeness (QED) is 0.862. The fourth-order valence-electron chi connectivity index (χ4n) is 2.96. The average molecular weight is 257 g/mol. The predicted octanol–water partition coefficient (Wildman–Crippen LogP) is 2.89. The number of fused-ring (bicyclic) bond motifs is 1. The zero-order valence-corrected chi connectivity index (χ0v) is 11.9. The molecule has 0 amide bonds. The van der Waals surface area contributed by atoms with Gasteiger partial charge in [-0.2, -0.15) is 5.10 Å². The molecule has 3 heteroatoms. The van der Waals surface area contributed by atoms with Crippen molar-refractivity contribution in [3.8, 4) is 0 Å². The number of hydrogen-bond donors (Lipinski definition) is 1. The minimum absolute atomic E-state index is 0.579. The highest BCUT2D eigenvalue weighted by Gasteiger charge is 2.26. The molecule has 0 radical (unpaired) electrons. The summed E-state index contributed by atoms with van der Waals surface area (Å²) in [5.41, 5.74) is 2.48. The molecule has 1 fully saturated rings. The summed E-state index contributed by atoms with van der Waals surface area (Å²) in [7, 11) is 2.04. The highest BCUT2D eigenvalue weighted by molar-refractivity contribution is 5.81. The number of aryl methyl sites for hydroxylation is 1. The van der Waals surface area contributed by atoms with Crippen LogP contribution in [0.4, 0.5) is 0 Å². The third kappa shape index (κ3) is 2.81. The van der Waals surface area contributed by atoms with Crippen LogP contribution < -0.4 is 5.32 Å². The first-order valence-corrected chi connectivity index (χ1v) is 7.42. The first-order chi connectivity index (χ1) is 9.28. The second-order valence-corrected chi connectivity index (χ2v) is 5.73. The van der Waals surface area contributed by atoms with Crippen LogP contribution in [0.3, 0.4) is 0 Å². The van der Waals surface area contributed by atoms with Crippen molar-refractivity contribution < 1.29 is 0 Å². The zero-order valence-electron chi connectivity index (χ0n) is 11.9. The summed E-state index contributed by atoms with van der Waals surface area (Å²) in [6.45, 7) is 3.23. The standard InChI is InChI=1S/C16H23N3/c1-3-17-13(10-12-8-9-12)11-15-14-6-4-5-7-16(14)19(2)18-15/h4-7,12-13,17H,3,8-11H2,1-2H3. The van der Waals surface area contributed by atoms with E-state index in [0.717, 1.165) is 18.9 Å². The highest BCUT2D eigenvalue weighted by Crippen LogP contribution is 2.34. The molecule has 1 aromatic carbocycles. The summed E-state index contributed by atoms with van der Waals surface area (Å²) >= 11 is 0. The van der Waals surface area contributed by atoms with Crippen molar-refractivity contribution >= 4 is 10.9 Å². The lowest BCUT2D eigenvalue weighted by atomic mass is 10.0. The molecular weight excluding hydrogens is 234 g/mol. The lowest BCUT2D eigenvalue weighted by molar-refractivity contribution is 0.461. The Morgan fingerprint density at radius 1 is 1.37 bits per heavy atom. The van der Waals surface area contributed by atoms with Gasteiger partial charge in [0.15, 0.2) is 0 Å². The highest BCUT2D eigenvalue weighted by atomic mass is 15.3. The average Bonchev–Trinajstić information content (AvgIpc) is 3.16. The maximum Gasteiger partial charge on any atom is 0.0718 e. The summed E-state index contributed by atoms with van der Waals surface area (Å²) in [4.78, 5) is 0. The maximum absolute atomic E-state index is 4.72. The van der Waals surface area contributed by atoms with Gasteiger partial charge in [-0.3, -0.25) is 4.68 Å². The van der Waals surface area contributed by atoms with Gasteiger partial charge in [0.25, 0.3) is 0 Å². The summed E-state index contributed by atoms with van der Waals surface area (Å²) in [6, 6.07) is 9.11. The summed E-state index contributed by atoms with van der Waals surface area (Å²) < 4.78 is 2.00. The molecule has 1 unspecified atom stereocenters. The van der Waals surface area contributed by atoms with Crippen LogP contribution >= 0.6 is 0 Å². The molecule has 19 heavy (non-hydrogen) atoms. The Morgan fingerprint density at radius 2 is 2.16 bits per heavy atom. The molecule has 1 atom stereocenters. The third-order valence-electron chi connectivity index (χ3n) is 4.08. The van der Waals surface area contributed by atoms with Crippen LogP contribution in [0.5, 0.6) is 0 Å². The number of hydrogen-bond acceptors (Lipinski definition) is 2. The number of benzene rings is 1. The van der Waals surface area contributed by atoms with Gasteiger partial charge in [-0.25, -0.2) is 0 Å². The van der Waals surface area contributed by atoms with Gasteiger partial charge >= 0.3 is 0 Å².